The maximum Gasteiger partial charge on any atom is 0.358 e. The van der Waals surface area contributed by atoms with Gasteiger partial charge in [-0.3, -0.25) is 4.79 Å². The van der Waals surface area contributed by atoms with Crippen molar-refractivity contribution in [3.63, 3.8) is 0 Å². The Balaban J connectivity index is 1.83. The van der Waals surface area contributed by atoms with Crippen molar-refractivity contribution in [3.8, 4) is 0 Å². The van der Waals surface area contributed by atoms with Crippen LogP contribution in [0.3, 0.4) is 0 Å². The summed E-state index contributed by atoms with van der Waals surface area (Å²) in [7, 11) is 0. The summed E-state index contributed by atoms with van der Waals surface area (Å²) >= 11 is 4.65. The van der Waals surface area contributed by atoms with Crippen LogP contribution in [0.4, 0.5) is 5.13 Å². The van der Waals surface area contributed by atoms with Gasteiger partial charge in [-0.1, -0.05) is 41.9 Å². The summed E-state index contributed by atoms with van der Waals surface area (Å²) in [5.41, 5.74) is 0.718. The lowest BCUT2D eigenvalue weighted by atomic mass is 10.1. The number of Topliss-reactive ketones (excluding diaryl/α,β-unsaturated/α-hetero) is 1. The maximum atomic E-state index is 12.0. The lowest BCUT2D eigenvalue weighted by molar-refractivity contribution is 0.0470. The second-order valence-electron chi connectivity index (χ2n) is 5.65. The Labute approximate surface area is 153 Å². The fraction of sp³-hybridized carbons (Fsp3) is 0.353. The number of hydrogen-bond acceptors (Lipinski definition) is 6. The SMILES string of the molecule is CC(C)CCNc1nc(C(=O)OCC(=O)c2ccc(Br)cc2)cs1. The molecule has 2 rings (SSSR count). The normalized spacial score (nSPS) is 10.7. The highest BCUT2D eigenvalue weighted by Gasteiger charge is 2.15. The third-order valence-electron chi connectivity index (χ3n) is 3.21. The Morgan fingerprint density at radius 2 is 2.00 bits per heavy atom. The number of hydrogen-bond donors (Lipinski definition) is 1. The van der Waals surface area contributed by atoms with E-state index in [0.717, 1.165) is 17.4 Å². The van der Waals surface area contributed by atoms with Gasteiger partial charge in [0.2, 0.25) is 0 Å². The molecule has 0 unspecified atom stereocenters. The summed E-state index contributed by atoms with van der Waals surface area (Å²) in [6.45, 7) is 4.80. The molecule has 5 nitrogen and oxygen atoms in total. The fourth-order valence-corrected chi connectivity index (χ4v) is 2.81. The zero-order valence-corrected chi connectivity index (χ0v) is 15.9. The third kappa shape index (κ3) is 5.72. The molecule has 1 N–H and O–H groups in total. The van der Waals surface area contributed by atoms with E-state index in [0.29, 0.717) is 16.6 Å². The first kappa shape index (κ1) is 18.6. The molecule has 1 aromatic carbocycles. The van der Waals surface area contributed by atoms with Gasteiger partial charge in [0.05, 0.1) is 0 Å². The maximum absolute atomic E-state index is 12.0. The highest BCUT2D eigenvalue weighted by atomic mass is 79.9. The minimum atomic E-state index is -0.589. The first-order valence-electron chi connectivity index (χ1n) is 7.61. The summed E-state index contributed by atoms with van der Waals surface area (Å²) in [5, 5.41) is 5.49. The largest absolute Gasteiger partial charge is 0.453 e. The van der Waals surface area contributed by atoms with Crippen LogP contribution in [-0.4, -0.2) is 29.9 Å². The van der Waals surface area contributed by atoms with Crippen molar-refractivity contribution < 1.29 is 14.3 Å². The van der Waals surface area contributed by atoms with Crippen molar-refractivity contribution >= 4 is 44.2 Å². The number of benzene rings is 1. The summed E-state index contributed by atoms with van der Waals surface area (Å²) < 4.78 is 5.93. The van der Waals surface area contributed by atoms with Crippen molar-refractivity contribution in [2.75, 3.05) is 18.5 Å². The highest BCUT2D eigenvalue weighted by Crippen LogP contribution is 2.17. The molecule has 0 fully saturated rings. The average molecular weight is 411 g/mol. The van der Waals surface area contributed by atoms with Gasteiger partial charge >= 0.3 is 5.97 Å². The van der Waals surface area contributed by atoms with Crippen LogP contribution in [0.1, 0.15) is 41.1 Å². The molecule has 0 saturated carbocycles. The lowest BCUT2D eigenvalue weighted by Gasteiger charge is -2.05. The molecule has 128 valence electrons. The fourth-order valence-electron chi connectivity index (χ4n) is 1.84. The predicted molar refractivity (Wildman–Crippen MR) is 98.8 cm³/mol. The zero-order chi connectivity index (χ0) is 17.5. The molecule has 0 spiro atoms. The van der Waals surface area contributed by atoms with Gasteiger partial charge in [0.1, 0.15) is 0 Å². The van der Waals surface area contributed by atoms with E-state index in [1.54, 1.807) is 29.6 Å². The third-order valence-corrected chi connectivity index (χ3v) is 4.54. The molecule has 0 amide bonds. The average Bonchev–Trinajstić information content (AvgIpc) is 3.01. The monoisotopic (exact) mass is 410 g/mol. The minimum Gasteiger partial charge on any atom is -0.453 e. The number of aromatic nitrogens is 1. The number of carbonyl (C=O) groups excluding carboxylic acids is 2. The molecule has 2 aromatic rings. The van der Waals surface area contributed by atoms with Gasteiger partial charge in [-0.15, -0.1) is 11.3 Å². The number of ether oxygens (including phenoxy) is 1. The van der Waals surface area contributed by atoms with Crippen LogP contribution < -0.4 is 5.32 Å². The number of rotatable bonds is 8. The summed E-state index contributed by atoms with van der Waals surface area (Å²) in [6.07, 6.45) is 1.03. The topological polar surface area (TPSA) is 68.3 Å². The summed E-state index contributed by atoms with van der Waals surface area (Å²) in [4.78, 5) is 28.1. The lowest BCUT2D eigenvalue weighted by Crippen LogP contribution is -2.14. The van der Waals surface area contributed by atoms with E-state index in [2.05, 4.69) is 40.1 Å². The molecule has 24 heavy (non-hydrogen) atoms. The van der Waals surface area contributed by atoms with Gasteiger partial charge in [-0.2, -0.15) is 0 Å². The van der Waals surface area contributed by atoms with E-state index in [1.807, 2.05) is 0 Å². The summed E-state index contributed by atoms with van der Waals surface area (Å²) in [5.74, 6) is -0.235. The van der Waals surface area contributed by atoms with Crippen molar-refractivity contribution in [1.82, 2.24) is 4.98 Å². The number of nitrogens with one attached hydrogen (secondary N) is 1. The van der Waals surface area contributed by atoms with E-state index < -0.39 is 5.97 Å². The van der Waals surface area contributed by atoms with Crippen LogP contribution in [0.2, 0.25) is 0 Å². The Morgan fingerprint density at radius 3 is 2.67 bits per heavy atom. The molecule has 0 aliphatic heterocycles. The van der Waals surface area contributed by atoms with E-state index in [-0.39, 0.29) is 18.1 Å². The quantitative estimate of drug-likeness (QED) is 0.515. The van der Waals surface area contributed by atoms with Crippen LogP contribution in [-0.2, 0) is 4.74 Å². The second kappa shape index (κ2) is 8.94. The van der Waals surface area contributed by atoms with Crippen LogP contribution in [0, 0.1) is 5.92 Å². The van der Waals surface area contributed by atoms with Crippen molar-refractivity contribution in [1.29, 1.82) is 0 Å². The molecule has 0 radical (unpaired) electrons. The van der Waals surface area contributed by atoms with Crippen LogP contribution in [0.15, 0.2) is 34.1 Å². The van der Waals surface area contributed by atoms with E-state index in [9.17, 15) is 9.59 Å². The van der Waals surface area contributed by atoms with Gasteiger partial charge in [0.25, 0.3) is 0 Å². The number of nitrogens with zero attached hydrogens (tertiary/aromatic N) is 1. The molecular weight excluding hydrogens is 392 g/mol. The Bertz CT molecular complexity index is 698. The molecular formula is C17H19BrN2O3S. The number of ketones is 1. The Morgan fingerprint density at radius 1 is 1.29 bits per heavy atom. The number of esters is 1. The first-order valence-corrected chi connectivity index (χ1v) is 9.28. The number of halogens is 1. The molecule has 1 aromatic heterocycles. The Hall–Kier alpha value is -1.73. The van der Waals surface area contributed by atoms with Crippen LogP contribution in [0.25, 0.3) is 0 Å². The molecule has 0 bridgehead atoms. The van der Waals surface area contributed by atoms with Crippen LogP contribution >= 0.6 is 27.3 Å². The van der Waals surface area contributed by atoms with Gasteiger partial charge in [0, 0.05) is 22.0 Å². The van der Waals surface area contributed by atoms with Crippen molar-refractivity contribution in [2.45, 2.75) is 20.3 Å². The zero-order valence-electron chi connectivity index (χ0n) is 13.5. The first-order chi connectivity index (χ1) is 11.5. The van der Waals surface area contributed by atoms with Gasteiger partial charge in [0.15, 0.2) is 23.2 Å². The van der Waals surface area contributed by atoms with Crippen molar-refractivity contribution in [3.05, 3.63) is 45.4 Å². The minimum absolute atomic E-state index is 0.218. The molecule has 0 aliphatic rings. The molecule has 0 atom stereocenters. The summed E-state index contributed by atoms with van der Waals surface area (Å²) in [6, 6.07) is 6.90. The van der Waals surface area contributed by atoms with Gasteiger partial charge in [-0.25, -0.2) is 9.78 Å². The number of anilines is 1. The standard InChI is InChI=1S/C17H19BrN2O3S/c1-11(2)7-8-19-17-20-14(10-24-17)16(22)23-9-15(21)12-3-5-13(18)6-4-12/h3-6,10-11H,7-9H2,1-2H3,(H,19,20). The van der Waals surface area contributed by atoms with E-state index >= 15 is 0 Å². The molecule has 0 aliphatic carbocycles. The molecule has 0 saturated heterocycles. The second-order valence-corrected chi connectivity index (χ2v) is 7.43. The Kier molecular flexibility index (Phi) is 6.93. The molecule has 1 heterocycles. The number of carbonyl (C=O) groups is 2. The van der Waals surface area contributed by atoms with E-state index in [1.165, 1.54) is 11.3 Å². The van der Waals surface area contributed by atoms with E-state index in [4.69, 9.17) is 4.74 Å². The van der Waals surface area contributed by atoms with Gasteiger partial charge in [-0.05, 0) is 24.5 Å². The highest BCUT2D eigenvalue weighted by molar-refractivity contribution is 9.10. The predicted octanol–water partition coefficient (Wildman–Crippen LogP) is 4.40. The molecule has 7 heteroatoms. The van der Waals surface area contributed by atoms with Crippen LogP contribution in [0.5, 0.6) is 0 Å². The van der Waals surface area contributed by atoms with Gasteiger partial charge < -0.3 is 10.1 Å². The van der Waals surface area contributed by atoms with Crippen molar-refractivity contribution in [2.24, 2.45) is 5.92 Å². The number of thiazole rings is 1. The smallest absolute Gasteiger partial charge is 0.358 e.